The van der Waals surface area contributed by atoms with E-state index in [1.807, 2.05) is 0 Å². The van der Waals surface area contributed by atoms with Crippen molar-refractivity contribution in [3.05, 3.63) is 0 Å². The molecule has 1 fully saturated rings. The molecule has 0 aromatic rings. The molecule has 1 heterocycles. The lowest BCUT2D eigenvalue weighted by atomic mass is 10.1. The fraction of sp³-hybridized carbons (Fsp3) is 0.727. The lowest BCUT2D eigenvalue weighted by molar-refractivity contribution is -0.180. The van der Waals surface area contributed by atoms with E-state index in [4.69, 9.17) is 14.2 Å². The van der Waals surface area contributed by atoms with Crippen molar-refractivity contribution in [2.24, 2.45) is 0 Å². The van der Waals surface area contributed by atoms with Crippen molar-refractivity contribution in [2.45, 2.75) is 42.1 Å². The number of thiol groups is 1. The normalized spacial score (nSPS) is 33.1. The molecule has 0 spiro atoms. The van der Waals surface area contributed by atoms with E-state index < -0.39 is 39.2 Å². The Morgan fingerprint density at radius 1 is 1.10 bits per heavy atom. The Bertz CT molecular complexity index is 414. The lowest BCUT2D eigenvalue weighted by Gasteiger charge is -2.42. The van der Waals surface area contributed by atoms with Crippen LogP contribution in [-0.4, -0.2) is 45.0 Å². The molecule has 0 saturated carbocycles. The predicted molar refractivity (Wildman–Crippen MR) is 79.8 cm³/mol. The first-order chi connectivity index (χ1) is 9.13. The number of carbonyl (C=O) groups excluding carboxylic acids is 3. The first-order valence-electron chi connectivity index (χ1n) is 5.70. The maximum Gasteiger partial charge on any atom is 0.303 e. The summed E-state index contributed by atoms with van der Waals surface area (Å²) >= 11 is 8.99. The van der Waals surface area contributed by atoms with Crippen LogP contribution in [-0.2, 0) is 28.6 Å². The van der Waals surface area contributed by atoms with Gasteiger partial charge in [-0.05, 0) is 0 Å². The van der Waals surface area contributed by atoms with Crippen molar-refractivity contribution in [3.63, 3.8) is 0 Å². The monoisotopic (exact) mass is 386 g/mol. The molecule has 1 saturated heterocycles. The molecule has 1 aliphatic heterocycles. The van der Waals surface area contributed by atoms with Gasteiger partial charge in [0.05, 0.1) is 0 Å². The summed E-state index contributed by atoms with van der Waals surface area (Å²) in [5, 5.41) is 0. The molecule has 1 aliphatic rings. The largest absolute Gasteiger partial charge is 0.458 e. The van der Waals surface area contributed by atoms with Gasteiger partial charge in [-0.25, -0.2) is 0 Å². The van der Waals surface area contributed by atoms with Gasteiger partial charge in [-0.3, -0.25) is 14.4 Å². The van der Waals surface area contributed by atoms with Gasteiger partial charge in [0.25, 0.3) is 0 Å². The van der Waals surface area contributed by atoms with E-state index in [9.17, 15) is 14.4 Å². The number of ether oxygens (including phenoxy) is 3. The lowest BCUT2D eigenvalue weighted by Crippen LogP contribution is -2.56. The van der Waals surface area contributed by atoms with E-state index in [0.717, 1.165) is 0 Å². The second-order valence-electron chi connectivity index (χ2n) is 4.17. The van der Waals surface area contributed by atoms with Gasteiger partial charge in [-0.2, -0.15) is 0 Å². The Balaban J connectivity index is 3.02. The van der Waals surface area contributed by atoms with Gasteiger partial charge < -0.3 is 14.2 Å². The average Bonchev–Trinajstić information content (AvgIpc) is 2.26. The number of esters is 3. The predicted octanol–water partition coefficient (Wildman–Crippen LogP) is 1.51. The third kappa shape index (κ3) is 4.85. The first kappa shape index (κ1) is 17.6. The van der Waals surface area contributed by atoms with E-state index in [2.05, 4.69) is 28.6 Å². The van der Waals surface area contributed by atoms with Gasteiger partial charge in [-0.15, -0.1) is 24.4 Å². The Morgan fingerprint density at radius 3 is 2.05 bits per heavy atom. The summed E-state index contributed by atoms with van der Waals surface area (Å²) in [6, 6.07) is 0. The minimum absolute atomic E-state index is 0.351. The molecule has 20 heavy (non-hydrogen) atoms. The number of thioether (sulfide) groups is 1. The standard InChI is InChI=1S/C11H15BrO6S2/c1-5(13)16-8-4-20-11(12,19)10(18-7(3)15)9(8)17-6(2)14/h8-10,19H,4H2,1-3H3/t8-,9+,10-,11-/m1/s1. The Morgan fingerprint density at radius 2 is 1.60 bits per heavy atom. The van der Waals surface area contributed by atoms with E-state index in [1.165, 1.54) is 32.5 Å². The Kier molecular flexibility index (Phi) is 6.21. The highest BCUT2D eigenvalue weighted by atomic mass is 79.9. The van der Waals surface area contributed by atoms with Crippen LogP contribution in [0, 0.1) is 0 Å². The molecule has 4 atom stereocenters. The highest BCUT2D eigenvalue weighted by Gasteiger charge is 2.52. The molecule has 0 aliphatic carbocycles. The molecule has 9 heteroatoms. The van der Waals surface area contributed by atoms with Gasteiger partial charge in [0.1, 0.15) is 0 Å². The topological polar surface area (TPSA) is 78.9 Å². The van der Waals surface area contributed by atoms with Crippen LogP contribution < -0.4 is 0 Å². The smallest absolute Gasteiger partial charge is 0.303 e. The number of carbonyl (C=O) groups is 3. The minimum Gasteiger partial charge on any atom is -0.458 e. The number of halogens is 1. The van der Waals surface area contributed by atoms with Gasteiger partial charge in [0, 0.05) is 26.5 Å². The number of hydrogen-bond acceptors (Lipinski definition) is 8. The zero-order valence-corrected chi connectivity index (χ0v) is 14.4. The molecule has 0 amide bonds. The maximum absolute atomic E-state index is 11.2. The van der Waals surface area contributed by atoms with Gasteiger partial charge in [-0.1, -0.05) is 15.9 Å². The zero-order valence-electron chi connectivity index (χ0n) is 11.1. The molecule has 0 aromatic carbocycles. The van der Waals surface area contributed by atoms with Gasteiger partial charge in [0.2, 0.25) is 0 Å². The molecule has 6 nitrogen and oxygen atoms in total. The quantitative estimate of drug-likeness (QED) is 0.340. The van der Waals surface area contributed by atoms with Crippen molar-refractivity contribution in [1.29, 1.82) is 0 Å². The summed E-state index contributed by atoms with van der Waals surface area (Å²) in [5.41, 5.74) is 0. The summed E-state index contributed by atoms with van der Waals surface area (Å²) in [5.74, 6) is -1.26. The maximum atomic E-state index is 11.2. The van der Waals surface area contributed by atoms with Crippen LogP contribution in [0.3, 0.4) is 0 Å². The second kappa shape index (κ2) is 7.04. The Hall–Kier alpha value is -0.410. The van der Waals surface area contributed by atoms with Crippen molar-refractivity contribution >= 4 is 58.2 Å². The summed E-state index contributed by atoms with van der Waals surface area (Å²) in [4.78, 5) is 33.6. The molecule has 0 aromatic heterocycles. The number of rotatable bonds is 3. The molecule has 0 N–H and O–H groups in total. The molecule has 0 unspecified atom stereocenters. The van der Waals surface area contributed by atoms with E-state index in [0.29, 0.717) is 5.75 Å². The van der Waals surface area contributed by atoms with E-state index >= 15 is 0 Å². The van der Waals surface area contributed by atoms with Crippen molar-refractivity contribution in [1.82, 2.24) is 0 Å². The van der Waals surface area contributed by atoms with Crippen LogP contribution in [0.2, 0.25) is 0 Å². The molecular formula is C11H15BrO6S2. The molecule has 0 radical (unpaired) electrons. The van der Waals surface area contributed by atoms with Gasteiger partial charge >= 0.3 is 17.9 Å². The average molecular weight is 387 g/mol. The summed E-state index contributed by atoms with van der Waals surface area (Å²) in [7, 11) is 0. The highest BCUT2D eigenvalue weighted by molar-refractivity contribution is 9.13. The van der Waals surface area contributed by atoms with Crippen LogP contribution in [0.4, 0.5) is 0 Å². The van der Waals surface area contributed by atoms with Crippen LogP contribution in [0.25, 0.3) is 0 Å². The highest BCUT2D eigenvalue weighted by Crippen LogP contribution is 2.48. The number of alkyl halides is 1. The van der Waals surface area contributed by atoms with Crippen LogP contribution in [0.5, 0.6) is 0 Å². The van der Waals surface area contributed by atoms with Crippen molar-refractivity contribution in [2.75, 3.05) is 5.75 Å². The third-order valence-electron chi connectivity index (χ3n) is 2.38. The molecule has 114 valence electrons. The summed E-state index contributed by atoms with van der Waals surface area (Å²) in [6.07, 6.45) is -2.52. The van der Waals surface area contributed by atoms with E-state index in [1.54, 1.807) is 0 Å². The van der Waals surface area contributed by atoms with Crippen LogP contribution >= 0.6 is 40.3 Å². The van der Waals surface area contributed by atoms with Gasteiger partial charge in [0.15, 0.2) is 21.3 Å². The molecule has 0 bridgehead atoms. The second-order valence-corrected chi connectivity index (χ2v) is 8.83. The SMILES string of the molecule is CC(=O)O[C@@H]1[C@@H](OC(C)=O)[C@](S)(Br)SC[C@H]1OC(C)=O. The summed E-state index contributed by atoms with van der Waals surface area (Å²) in [6.45, 7) is 3.72. The fourth-order valence-corrected chi connectivity index (χ4v) is 3.91. The molecular weight excluding hydrogens is 372 g/mol. The van der Waals surface area contributed by atoms with E-state index in [-0.39, 0.29) is 0 Å². The Labute approximate surface area is 134 Å². The number of hydrogen-bond donors (Lipinski definition) is 1. The summed E-state index contributed by atoms with van der Waals surface area (Å²) < 4.78 is 14.5. The fourth-order valence-electron chi connectivity index (χ4n) is 1.74. The third-order valence-corrected chi connectivity index (χ3v) is 5.29. The van der Waals surface area contributed by atoms with Crippen molar-refractivity contribution < 1.29 is 28.6 Å². The zero-order chi connectivity index (χ0) is 15.5. The van der Waals surface area contributed by atoms with Crippen LogP contribution in [0.15, 0.2) is 0 Å². The minimum atomic E-state index is -0.935. The molecule has 1 rings (SSSR count). The van der Waals surface area contributed by atoms with Crippen molar-refractivity contribution in [3.8, 4) is 0 Å². The van der Waals surface area contributed by atoms with Crippen LogP contribution in [0.1, 0.15) is 20.8 Å². The first-order valence-corrected chi connectivity index (χ1v) is 7.93.